The molecule has 1 aliphatic rings. The first kappa shape index (κ1) is 17.9. The molecule has 0 saturated heterocycles. The summed E-state index contributed by atoms with van der Waals surface area (Å²) in [6, 6.07) is 0.144. The zero-order chi connectivity index (χ0) is 15.0. The Bertz CT molecular complexity index is 356. The summed E-state index contributed by atoms with van der Waals surface area (Å²) in [5.41, 5.74) is 0. The highest BCUT2D eigenvalue weighted by atomic mass is 32.2. The van der Waals surface area contributed by atoms with Crippen LogP contribution in [-0.2, 0) is 14.6 Å². The quantitative estimate of drug-likeness (QED) is 0.665. The first-order chi connectivity index (χ1) is 9.55. The molecule has 0 amide bonds. The van der Waals surface area contributed by atoms with Crippen molar-refractivity contribution >= 4 is 9.84 Å². The highest BCUT2D eigenvalue weighted by molar-refractivity contribution is 7.92. The molecule has 4 nitrogen and oxygen atoms in total. The number of hydrogen-bond donors (Lipinski definition) is 1. The summed E-state index contributed by atoms with van der Waals surface area (Å²) in [5.74, 6) is 0.823. The monoisotopic (exact) mass is 305 g/mol. The van der Waals surface area contributed by atoms with Gasteiger partial charge in [0.15, 0.2) is 9.84 Å². The highest BCUT2D eigenvalue weighted by Gasteiger charge is 2.37. The van der Waals surface area contributed by atoms with Crippen molar-refractivity contribution in [1.82, 2.24) is 5.32 Å². The number of rotatable bonds is 9. The average Bonchev–Trinajstić information content (AvgIpc) is 2.45. The fourth-order valence-electron chi connectivity index (χ4n) is 3.10. The van der Waals surface area contributed by atoms with Crippen molar-refractivity contribution in [2.45, 2.75) is 63.7 Å². The molecule has 0 heterocycles. The Morgan fingerprint density at radius 1 is 1.25 bits per heavy atom. The molecular formula is C15H31NO3S. The minimum atomic E-state index is -3.02. The van der Waals surface area contributed by atoms with E-state index >= 15 is 0 Å². The van der Waals surface area contributed by atoms with Crippen molar-refractivity contribution in [3.63, 3.8) is 0 Å². The molecule has 3 atom stereocenters. The largest absolute Gasteiger partial charge is 0.385 e. The van der Waals surface area contributed by atoms with Gasteiger partial charge in [0.05, 0.1) is 11.0 Å². The maximum absolute atomic E-state index is 12.6. The van der Waals surface area contributed by atoms with E-state index < -0.39 is 9.84 Å². The lowest BCUT2D eigenvalue weighted by Crippen LogP contribution is -2.49. The van der Waals surface area contributed by atoms with Crippen LogP contribution >= 0.6 is 0 Å². The van der Waals surface area contributed by atoms with E-state index in [-0.39, 0.29) is 17.0 Å². The summed E-state index contributed by atoms with van der Waals surface area (Å²) in [6.07, 6.45) is 5.71. The van der Waals surface area contributed by atoms with Crippen LogP contribution in [0.25, 0.3) is 0 Å². The first-order valence-corrected chi connectivity index (χ1v) is 9.70. The Balaban J connectivity index is 2.70. The van der Waals surface area contributed by atoms with Crippen LogP contribution in [0.2, 0.25) is 0 Å². The van der Waals surface area contributed by atoms with E-state index in [1.807, 2.05) is 0 Å². The number of methoxy groups -OCH3 is 1. The van der Waals surface area contributed by atoms with E-state index in [1.54, 1.807) is 7.11 Å². The predicted octanol–water partition coefficient (Wildman–Crippen LogP) is 2.38. The Kier molecular flexibility index (Phi) is 8.07. The third-order valence-corrected chi connectivity index (χ3v) is 6.67. The fourth-order valence-corrected chi connectivity index (χ4v) is 5.22. The Hall–Kier alpha value is -0.130. The maximum Gasteiger partial charge on any atom is 0.154 e. The zero-order valence-corrected chi connectivity index (χ0v) is 14.0. The van der Waals surface area contributed by atoms with Gasteiger partial charge in [0, 0.05) is 19.8 Å². The molecule has 0 aliphatic heterocycles. The molecule has 20 heavy (non-hydrogen) atoms. The van der Waals surface area contributed by atoms with E-state index in [1.165, 1.54) is 0 Å². The molecule has 0 radical (unpaired) electrons. The molecular weight excluding hydrogens is 274 g/mol. The van der Waals surface area contributed by atoms with Gasteiger partial charge in [-0.05, 0) is 44.6 Å². The van der Waals surface area contributed by atoms with Crippen LogP contribution in [-0.4, -0.2) is 45.7 Å². The molecule has 0 spiro atoms. The molecule has 1 saturated carbocycles. The standard InChI is InChI=1S/C15H31NO3S/c1-4-9-16-14-8-7-13(5-2)12-15(14)20(17,18)11-6-10-19-3/h13-16H,4-12H2,1-3H3. The SMILES string of the molecule is CCCNC1CCC(CC)CC1S(=O)(=O)CCCOC. The number of ether oxygens (including phenoxy) is 1. The lowest BCUT2D eigenvalue weighted by atomic mass is 9.84. The summed E-state index contributed by atoms with van der Waals surface area (Å²) in [5, 5.41) is 3.25. The lowest BCUT2D eigenvalue weighted by Gasteiger charge is -2.36. The Morgan fingerprint density at radius 2 is 2.00 bits per heavy atom. The smallest absolute Gasteiger partial charge is 0.154 e. The van der Waals surface area contributed by atoms with E-state index in [0.717, 1.165) is 38.6 Å². The van der Waals surface area contributed by atoms with Gasteiger partial charge in [-0.25, -0.2) is 8.42 Å². The molecule has 120 valence electrons. The molecule has 0 aromatic heterocycles. The summed E-state index contributed by atoms with van der Waals surface area (Å²) < 4.78 is 30.2. The second-order valence-corrected chi connectivity index (χ2v) is 8.24. The number of hydrogen-bond acceptors (Lipinski definition) is 4. The predicted molar refractivity (Wildman–Crippen MR) is 83.8 cm³/mol. The van der Waals surface area contributed by atoms with Gasteiger partial charge in [-0.3, -0.25) is 0 Å². The van der Waals surface area contributed by atoms with Crippen molar-refractivity contribution in [2.75, 3.05) is 26.0 Å². The molecule has 3 unspecified atom stereocenters. The summed E-state index contributed by atoms with van der Waals surface area (Å²) in [6.45, 7) is 5.72. The van der Waals surface area contributed by atoms with Gasteiger partial charge in [0.2, 0.25) is 0 Å². The van der Waals surface area contributed by atoms with E-state index in [2.05, 4.69) is 19.2 Å². The number of sulfone groups is 1. The van der Waals surface area contributed by atoms with Crippen molar-refractivity contribution in [2.24, 2.45) is 5.92 Å². The third kappa shape index (κ3) is 5.34. The van der Waals surface area contributed by atoms with Crippen LogP contribution in [0, 0.1) is 5.92 Å². The topological polar surface area (TPSA) is 55.4 Å². The van der Waals surface area contributed by atoms with Crippen molar-refractivity contribution in [3.05, 3.63) is 0 Å². The van der Waals surface area contributed by atoms with Crippen molar-refractivity contribution < 1.29 is 13.2 Å². The van der Waals surface area contributed by atoms with Crippen LogP contribution in [0.3, 0.4) is 0 Å². The van der Waals surface area contributed by atoms with Crippen molar-refractivity contribution in [1.29, 1.82) is 0 Å². The van der Waals surface area contributed by atoms with Gasteiger partial charge >= 0.3 is 0 Å². The minimum Gasteiger partial charge on any atom is -0.385 e. The molecule has 1 fully saturated rings. The third-order valence-electron chi connectivity index (χ3n) is 4.37. The van der Waals surface area contributed by atoms with Crippen LogP contribution < -0.4 is 5.32 Å². The fraction of sp³-hybridized carbons (Fsp3) is 1.00. The Morgan fingerprint density at radius 3 is 2.60 bits per heavy atom. The molecule has 1 N–H and O–H groups in total. The molecule has 0 bridgehead atoms. The van der Waals surface area contributed by atoms with Gasteiger partial charge in [0.25, 0.3) is 0 Å². The van der Waals surface area contributed by atoms with Crippen LogP contribution in [0.15, 0.2) is 0 Å². The first-order valence-electron chi connectivity index (χ1n) is 7.99. The van der Waals surface area contributed by atoms with Crippen LogP contribution in [0.4, 0.5) is 0 Å². The van der Waals surface area contributed by atoms with E-state index in [0.29, 0.717) is 18.9 Å². The van der Waals surface area contributed by atoms with Crippen molar-refractivity contribution in [3.8, 4) is 0 Å². The highest BCUT2D eigenvalue weighted by Crippen LogP contribution is 2.31. The summed E-state index contributed by atoms with van der Waals surface area (Å²) in [7, 11) is -1.40. The van der Waals surface area contributed by atoms with Gasteiger partial charge in [0.1, 0.15) is 0 Å². The molecule has 5 heteroatoms. The molecule has 0 aromatic carbocycles. The second-order valence-electron chi connectivity index (χ2n) is 5.90. The van der Waals surface area contributed by atoms with Crippen LogP contribution in [0.1, 0.15) is 52.4 Å². The minimum absolute atomic E-state index is 0.144. The second kappa shape index (κ2) is 9.00. The van der Waals surface area contributed by atoms with E-state index in [4.69, 9.17) is 4.74 Å². The average molecular weight is 305 g/mol. The number of nitrogens with one attached hydrogen (secondary N) is 1. The van der Waals surface area contributed by atoms with Gasteiger partial charge in [-0.15, -0.1) is 0 Å². The maximum atomic E-state index is 12.6. The zero-order valence-electron chi connectivity index (χ0n) is 13.2. The summed E-state index contributed by atoms with van der Waals surface area (Å²) >= 11 is 0. The van der Waals surface area contributed by atoms with Gasteiger partial charge in [-0.1, -0.05) is 20.3 Å². The molecule has 1 aliphatic carbocycles. The van der Waals surface area contributed by atoms with Gasteiger partial charge in [-0.2, -0.15) is 0 Å². The normalized spacial score (nSPS) is 27.6. The van der Waals surface area contributed by atoms with Crippen LogP contribution in [0.5, 0.6) is 0 Å². The lowest BCUT2D eigenvalue weighted by molar-refractivity contribution is 0.199. The Labute approximate surface area is 124 Å². The van der Waals surface area contributed by atoms with E-state index in [9.17, 15) is 8.42 Å². The van der Waals surface area contributed by atoms with Gasteiger partial charge < -0.3 is 10.1 Å². The molecule has 1 rings (SSSR count). The molecule has 0 aromatic rings. The summed E-state index contributed by atoms with van der Waals surface area (Å²) in [4.78, 5) is 0.